The first-order chi connectivity index (χ1) is 19.1. The maximum atomic E-state index is 13.7. The highest BCUT2D eigenvalue weighted by molar-refractivity contribution is 8.01. The fourth-order valence-corrected chi connectivity index (χ4v) is 7.14. The van der Waals surface area contributed by atoms with Crippen LogP contribution in [-0.2, 0) is 27.3 Å². The third-order valence-corrected chi connectivity index (χ3v) is 10.4. The molecule has 2 N–H and O–H groups in total. The average molecular weight is 586 g/mol. The minimum atomic E-state index is -1.21. The standard InChI is InChI=1S/C29H39N5O4S2/c1-5-38-26(35)19-39-32-20-6-7-22(24(16-20)33-14-11-29(9-10-29)12-15-33)27(36)31-21-17-25-23(30-18-21)8-13-34(25)40(37)28(2,3)4/h6-7,16-18,32H,5,8-15,19H2,1-4H3,(H,31,36). The van der Waals surface area contributed by atoms with E-state index in [-0.39, 0.29) is 17.6 Å². The van der Waals surface area contributed by atoms with E-state index in [9.17, 15) is 14.1 Å². The Labute approximate surface area is 244 Å². The van der Waals surface area contributed by atoms with Gasteiger partial charge in [-0.25, -0.2) is 0 Å². The van der Waals surface area contributed by atoms with Crippen LogP contribution in [0.5, 0.6) is 0 Å². The molecule has 216 valence electrons. The van der Waals surface area contributed by atoms with Crippen LogP contribution in [0.15, 0.2) is 30.5 Å². The van der Waals surface area contributed by atoms with Gasteiger partial charge in [-0.2, -0.15) is 4.31 Å². The van der Waals surface area contributed by atoms with Gasteiger partial charge in [0.2, 0.25) is 0 Å². The number of pyridine rings is 1. The summed E-state index contributed by atoms with van der Waals surface area (Å²) in [6.07, 6.45) is 7.30. The summed E-state index contributed by atoms with van der Waals surface area (Å²) in [5.41, 5.74) is 5.09. The number of hydrogen-bond acceptors (Lipinski definition) is 9. The normalized spacial score (nSPS) is 18.3. The number of ether oxygens (including phenoxy) is 1. The van der Waals surface area contributed by atoms with Crippen LogP contribution >= 0.6 is 11.9 Å². The summed E-state index contributed by atoms with van der Waals surface area (Å²) in [6, 6.07) is 7.57. The van der Waals surface area contributed by atoms with Gasteiger partial charge in [-0.1, -0.05) is 0 Å². The molecule has 1 aliphatic carbocycles. The quantitative estimate of drug-likeness (QED) is 0.234. The van der Waals surface area contributed by atoms with Crippen molar-refractivity contribution in [1.29, 1.82) is 0 Å². The topological polar surface area (TPSA) is 110 Å². The molecular weight excluding hydrogens is 546 g/mol. The zero-order valence-corrected chi connectivity index (χ0v) is 25.4. The van der Waals surface area contributed by atoms with Gasteiger partial charge in [0, 0.05) is 25.2 Å². The summed E-state index contributed by atoms with van der Waals surface area (Å²) >= 11 is 0.0570. The van der Waals surface area contributed by atoms with Gasteiger partial charge in [-0.3, -0.25) is 14.6 Å². The number of carbonyl (C=O) groups excluding carboxylic acids is 2. The van der Waals surface area contributed by atoms with Gasteiger partial charge >= 0.3 is 5.97 Å². The second-order valence-corrected chi connectivity index (χ2v) is 14.7. The van der Waals surface area contributed by atoms with Crippen LogP contribution in [0.1, 0.15) is 69.4 Å². The summed E-state index contributed by atoms with van der Waals surface area (Å²) in [7, 11) is 0. The van der Waals surface area contributed by atoms with Crippen molar-refractivity contribution in [3.05, 3.63) is 41.7 Å². The molecule has 1 unspecified atom stereocenters. The fraction of sp³-hybridized carbons (Fsp3) is 0.552. The lowest BCUT2D eigenvalue weighted by molar-refractivity contribution is -0.139. The minimum absolute atomic E-state index is 0.194. The molecule has 3 aliphatic rings. The van der Waals surface area contributed by atoms with E-state index in [0.717, 1.165) is 55.1 Å². The Morgan fingerprint density at radius 2 is 1.82 bits per heavy atom. The molecule has 40 heavy (non-hydrogen) atoms. The minimum Gasteiger partial charge on any atom is -0.593 e. The summed E-state index contributed by atoms with van der Waals surface area (Å²) in [5.74, 6) is -0.287. The van der Waals surface area contributed by atoms with E-state index >= 15 is 0 Å². The van der Waals surface area contributed by atoms with Gasteiger partial charge < -0.3 is 24.2 Å². The Hall–Kier alpha value is -2.63. The van der Waals surface area contributed by atoms with Gasteiger partial charge in [0.15, 0.2) is 0 Å². The van der Waals surface area contributed by atoms with Gasteiger partial charge in [-0.05, 0) is 95.0 Å². The lowest BCUT2D eigenvalue weighted by Gasteiger charge is -2.35. The second-order valence-electron chi connectivity index (χ2n) is 11.8. The Balaban J connectivity index is 1.34. The van der Waals surface area contributed by atoms with Crippen molar-refractivity contribution < 1.29 is 18.9 Å². The molecular formula is C29H39N5O4S2. The highest BCUT2D eigenvalue weighted by atomic mass is 32.2. The smallest absolute Gasteiger partial charge is 0.317 e. The summed E-state index contributed by atoms with van der Waals surface area (Å²) < 4.78 is 22.8. The van der Waals surface area contributed by atoms with E-state index < -0.39 is 16.1 Å². The van der Waals surface area contributed by atoms with Crippen molar-refractivity contribution in [2.24, 2.45) is 5.41 Å². The zero-order valence-electron chi connectivity index (χ0n) is 23.7. The van der Waals surface area contributed by atoms with Crippen LogP contribution in [0.25, 0.3) is 0 Å². The molecule has 11 heteroatoms. The summed E-state index contributed by atoms with van der Waals surface area (Å²) in [6.45, 7) is 10.5. The highest BCUT2D eigenvalue weighted by Crippen LogP contribution is 2.54. The maximum absolute atomic E-state index is 13.7. The second kappa shape index (κ2) is 11.7. The van der Waals surface area contributed by atoms with Crippen LogP contribution < -0.4 is 19.2 Å². The summed E-state index contributed by atoms with van der Waals surface area (Å²) in [4.78, 5) is 32.3. The number of rotatable bonds is 9. The molecule has 1 atom stereocenters. The number of carbonyl (C=O) groups is 2. The van der Waals surface area contributed by atoms with E-state index in [4.69, 9.17) is 4.74 Å². The van der Waals surface area contributed by atoms with Crippen molar-refractivity contribution >= 4 is 57.9 Å². The molecule has 1 saturated heterocycles. The third-order valence-electron chi connectivity index (χ3n) is 7.80. The molecule has 2 aliphatic heterocycles. The Morgan fingerprint density at radius 1 is 1.10 bits per heavy atom. The molecule has 2 fully saturated rings. The van der Waals surface area contributed by atoms with E-state index in [1.54, 1.807) is 13.1 Å². The number of amides is 1. The molecule has 2 aromatic rings. The molecule has 0 radical (unpaired) electrons. The number of piperidine rings is 1. The highest BCUT2D eigenvalue weighted by Gasteiger charge is 2.44. The first-order valence-corrected chi connectivity index (χ1v) is 16.1. The maximum Gasteiger partial charge on any atom is 0.317 e. The van der Waals surface area contributed by atoms with Crippen LogP contribution in [0.2, 0.25) is 0 Å². The number of aromatic nitrogens is 1. The third kappa shape index (κ3) is 6.47. The monoisotopic (exact) mass is 585 g/mol. The van der Waals surface area contributed by atoms with E-state index in [2.05, 4.69) is 19.9 Å². The van der Waals surface area contributed by atoms with E-state index in [1.165, 1.54) is 24.8 Å². The number of benzene rings is 1. The number of fused-ring (bicyclic) bond motifs is 1. The number of nitrogens with one attached hydrogen (secondary N) is 2. The first-order valence-electron chi connectivity index (χ1n) is 14.0. The predicted octanol–water partition coefficient (Wildman–Crippen LogP) is 5.16. The molecule has 5 rings (SSSR count). The van der Waals surface area contributed by atoms with Crippen molar-refractivity contribution in [2.45, 2.75) is 64.5 Å². The molecule has 1 spiro atoms. The van der Waals surface area contributed by atoms with Gasteiger partial charge in [-0.15, -0.1) is 0 Å². The van der Waals surface area contributed by atoms with E-state index in [0.29, 0.717) is 29.8 Å². The average Bonchev–Trinajstić information content (AvgIpc) is 3.54. The van der Waals surface area contributed by atoms with Crippen molar-refractivity contribution in [3.8, 4) is 0 Å². The SMILES string of the molecule is CCOC(=O)CSNc1ccc(C(=O)Nc2cnc3c(c2)N([S+]([O-])C(C)(C)C)CC3)c(N2CCC3(CC2)CC3)c1. The molecule has 1 saturated carbocycles. The lowest BCUT2D eigenvalue weighted by atomic mass is 9.93. The fourth-order valence-electron chi connectivity index (χ4n) is 5.32. The molecule has 1 aromatic heterocycles. The van der Waals surface area contributed by atoms with Crippen LogP contribution in [0.4, 0.5) is 22.7 Å². The van der Waals surface area contributed by atoms with E-state index in [1.807, 2.05) is 49.3 Å². The number of esters is 1. The summed E-state index contributed by atoms with van der Waals surface area (Å²) in [5, 5.41) is 3.05. The van der Waals surface area contributed by atoms with Crippen molar-refractivity contribution in [2.75, 3.05) is 51.2 Å². The van der Waals surface area contributed by atoms with Gasteiger partial charge in [0.25, 0.3) is 5.91 Å². The Kier molecular flexibility index (Phi) is 8.45. The molecule has 3 heterocycles. The lowest BCUT2D eigenvalue weighted by Crippen LogP contribution is -2.42. The Bertz CT molecular complexity index is 1250. The van der Waals surface area contributed by atoms with Crippen molar-refractivity contribution in [1.82, 2.24) is 4.98 Å². The number of anilines is 4. The van der Waals surface area contributed by atoms with Crippen LogP contribution in [0.3, 0.4) is 0 Å². The largest absolute Gasteiger partial charge is 0.593 e. The van der Waals surface area contributed by atoms with Gasteiger partial charge in [0.05, 0.1) is 53.3 Å². The Morgan fingerprint density at radius 3 is 2.50 bits per heavy atom. The molecule has 9 nitrogen and oxygen atoms in total. The zero-order chi connectivity index (χ0) is 28.5. The van der Waals surface area contributed by atoms with Crippen LogP contribution in [0, 0.1) is 5.41 Å². The molecule has 0 bridgehead atoms. The van der Waals surface area contributed by atoms with Crippen molar-refractivity contribution in [3.63, 3.8) is 0 Å². The molecule has 1 aromatic carbocycles. The first kappa shape index (κ1) is 28.9. The number of hydrogen-bond donors (Lipinski definition) is 2. The number of nitrogens with zero attached hydrogens (tertiary/aromatic N) is 3. The van der Waals surface area contributed by atoms with Crippen LogP contribution in [-0.4, -0.2) is 58.2 Å². The van der Waals surface area contributed by atoms with Gasteiger partial charge in [0.1, 0.15) is 16.2 Å². The molecule has 1 amide bonds. The predicted molar refractivity (Wildman–Crippen MR) is 163 cm³/mol.